The van der Waals surface area contributed by atoms with Crippen molar-refractivity contribution in [3.05, 3.63) is 54.7 Å². The minimum atomic E-state index is -0.563. The monoisotopic (exact) mass is 494 g/mol. The van der Waals surface area contributed by atoms with E-state index < -0.39 is 11.4 Å². The van der Waals surface area contributed by atoms with Crippen molar-refractivity contribution >= 4 is 17.7 Å². The molecule has 1 fully saturated rings. The van der Waals surface area contributed by atoms with E-state index in [9.17, 15) is 9.18 Å². The Balaban J connectivity index is 1.39. The number of benzene rings is 1. The fourth-order valence-electron chi connectivity index (χ4n) is 4.01. The Kier molecular flexibility index (Phi) is 7.52. The van der Waals surface area contributed by atoms with E-state index in [1.54, 1.807) is 30.6 Å². The molecule has 1 aliphatic rings. The number of rotatable bonds is 6. The summed E-state index contributed by atoms with van der Waals surface area (Å²) in [6.45, 7) is 5.54. The molecule has 1 saturated carbocycles. The number of ether oxygens (including phenoxy) is 2. The van der Waals surface area contributed by atoms with Crippen LogP contribution in [0.1, 0.15) is 46.5 Å². The van der Waals surface area contributed by atoms with Gasteiger partial charge >= 0.3 is 6.09 Å². The highest BCUT2D eigenvalue weighted by atomic mass is 19.1. The van der Waals surface area contributed by atoms with Crippen molar-refractivity contribution in [3.8, 4) is 22.8 Å². The van der Waals surface area contributed by atoms with E-state index >= 15 is 0 Å². The van der Waals surface area contributed by atoms with E-state index in [1.165, 1.54) is 18.3 Å². The molecule has 1 aromatic carbocycles. The lowest BCUT2D eigenvalue weighted by Gasteiger charge is -2.30. The van der Waals surface area contributed by atoms with Crippen LogP contribution in [-0.4, -0.2) is 38.7 Å². The lowest BCUT2D eigenvalue weighted by Crippen LogP contribution is -2.42. The Morgan fingerprint density at radius 3 is 2.53 bits per heavy atom. The molecule has 0 unspecified atom stereocenters. The second-order valence-electron chi connectivity index (χ2n) is 9.77. The molecule has 0 bridgehead atoms. The maximum absolute atomic E-state index is 14.3. The van der Waals surface area contributed by atoms with Gasteiger partial charge in [0.2, 0.25) is 5.95 Å². The number of nitrogens with one attached hydrogen (secondary N) is 2. The first-order valence-corrected chi connectivity index (χ1v) is 11.9. The van der Waals surface area contributed by atoms with E-state index in [4.69, 9.17) is 15.2 Å². The van der Waals surface area contributed by atoms with Gasteiger partial charge in [0.25, 0.3) is 0 Å². The minimum absolute atomic E-state index is 0.0441. The molecule has 3 aromatic rings. The Hall–Kier alpha value is -3.95. The molecule has 1 aliphatic carbocycles. The molecule has 4 rings (SSSR count). The lowest BCUT2D eigenvalue weighted by atomic mass is 9.91. The summed E-state index contributed by atoms with van der Waals surface area (Å²) >= 11 is 0. The van der Waals surface area contributed by atoms with Crippen LogP contribution in [0.25, 0.3) is 11.3 Å². The fourth-order valence-corrected chi connectivity index (χ4v) is 4.01. The van der Waals surface area contributed by atoms with E-state index in [0.29, 0.717) is 28.6 Å². The molecule has 9 nitrogen and oxygen atoms in total. The number of pyridine rings is 1. The number of carbonyl (C=O) groups is 1. The van der Waals surface area contributed by atoms with Crippen LogP contribution in [0.15, 0.2) is 48.9 Å². The smallest absolute Gasteiger partial charge is 0.407 e. The van der Waals surface area contributed by atoms with Gasteiger partial charge in [-0.25, -0.2) is 19.2 Å². The molecule has 4 N–H and O–H groups in total. The first-order valence-electron chi connectivity index (χ1n) is 11.9. The van der Waals surface area contributed by atoms with Crippen molar-refractivity contribution in [2.75, 3.05) is 11.1 Å². The standard InChI is InChI=1S/C26H31FN6O3/c1-26(2,3)36-25(34)32-18-7-5-17(6-8-18)31-24-30-13-11-21(33-24)19-10-12-29-15-23(19)35-22-9-4-16(28)14-20(22)27/h4,9-15,17-18H,5-8,28H2,1-3H3,(H,32,34)(H,30,31,33). The number of alkyl carbamates (subject to hydrolysis) is 1. The summed E-state index contributed by atoms with van der Waals surface area (Å²) in [6, 6.07) is 8.01. The van der Waals surface area contributed by atoms with Gasteiger partial charge in [-0.3, -0.25) is 4.98 Å². The molecular weight excluding hydrogens is 463 g/mol. The summed E-state index contributed by atoms with van der Waals surface area (Å²) in [7, 11) is 0. The van der Waals surface area contributed by atoms with Gasteiger partial charge in [0.15, 0.2) is 17.3 Å². The fraction of sp³-hybridized carbons (Fsp3) is 0.385. The van der Waals surface area contributed by atoms with Crippen LogP contribution in [0.3, 0.4) is 0 Å². The van der Waals surface area contributed by atoms with E-state index in [-0.39, 0.29) is 23.9 Å². The van der Waals surface area contributed by atoms with Crippen LogP contribution >= 0.6 is 0 Å². The average molecular weight is 495 g/mol. The van der Waals surface area contributed by atoms with Crippen LogP contribution in [0.5, 0.6) is 11.5 Å². The number of hydrogen-bond donors (Lipinski definition) is 3. The zero-order valence-electron chi connectivity index (χ0n) is 20.6. The topological polar surface area (TPSA) is 124 Å². The van der Waals surface area contributed by atoms with E-state index in [2.05, 4.69) is 25.6 Å². The SMILES string of the molecule is CC(C)(C)OC(=O)NC1CCC(Nc2nccc(-c3ccncc3Oc3ccc(N)cc3F)n2)CC1. The van der Waals surface area contributed by atoms with Crippen molar-refractivity contribution < 1.29 is 18.7 Å². The van der Waals surface area contributed by atoms with Gasteiger partial charge in [0, 0.05) is 41.8 Å². The Morgan fingerprint density at radius 1 is 1.06 bits per heavy atom. The Bertz CT molecular complexity index is 1210. The minimum Gasteiger partial charge on any atom is -0.452 e. The molecule has 10 heteroatoms. The maximum Gasteiger partial charge on any atom is 0.407 e. The molecule has 0 saturated heterocycles. The lowest BCUT2D eigenvalue weighted by molar-refractivity contribution is 0.0492. The Labute approximate surface area is 209 Å². The number of nitrogens with zero attached hydrogens (tertiary/aromatic N) is 3. The molecule has 2 heterocycles. The molecule has 2 aromatic heterocycles. The molecule has 0 radical (unpaired) electrons. The average Bonchev–Trinajstić information content (AvgIpc) is 2.81. The van der Waals surface area contributed by atoms with Crippen LogP contribution in [0.4, 0.5) is 20.8 Å². The van der Waals surface area contributed by atoms with Gasteiger partial charge < -0.3 is 25.8 Å². The number of amides is 1. The van der Waals surface area contributed by atoms with Gasteiger partial charge in [0.05, 0.1) is 11.9 Å². The Morgan fingerprint density at radius 2 is 1.81 bits per heavy atom. The third-order valence-electron chi connectivity index (χ3n) is 5.67. The molecule has 0 spiro atoms. The summed E-state index contributed by atoms with van der Waals surface area (Å²) in [4.78, 5) is 25.2. The molecular formula is C26H31FN6O3. The predicted molar refractivity (Wildman–Crippen MR) is 135 cm³/mol. The number of halogens is 1. The van der Waals surface area contributed by atoms with Gasteiger partial charge in [-0.05, 0) is 70.7 Å². The summed E-state index contributed by atoms with van der Waals surface area (Å²) in [5.41, 5.74) is 6.68. The van der Waals surface area contributed by atoms with E-state index in [0.717, 1.165) is 25.7 Å². The van der Waals surface area contributed by atoms with Crippen LogP contribution in [-0.2, 0) is 4.74 Å². The number of nitrogen functional groups attached to an aromatic ring is 1. The largest absolute Gasteiger partial charge is 0.452 e. The van der Waals surface area contributed by atoms with Crippen molar-refractivity contribution in [1.82, 2.24) is 20.3 Å². The molecule has 36 heavy (non-hydrogen) atoms. The molecule has 1 amide bonds. The first kappa shape index (κ1) is 25.2. The number of aromatic nitrogens is 3. The molecule has 190 valence electrons. The highest BCUT2D eigenvalue weighted by molar-refractivity contribution is 5.68. The summed E-state index contributed by atoms with van der Waals surface area (Å²) in [5, 5.41) is 6.34. The molecule has 0 aliphatic heterocycles. The second-order valence-corrected chi connectivity index (χ2v) is 9.77. The van der Waals surface area contributed by atoms with Gasteiger partial charge in [0.1, 0.15) is 5.60 Å². The number of anilines is 2. The third kappa shape index (κ3) is 6.80. The van der Waals surface area contributed by atoms with Crippen molar-refractivity contribution in [2.24, 2.45) is 0 Å². The first-order chi connectivity index (χ1) is 17.2. The highest BCUT2D eigenvalue weighted by Gasteiger charge is 2.25. The number of carbonyl (C=O) groups excluding carboxylic acids is 1. The number of hydrogen-bond acceptors (Lipinski definition) is 8. The third-order valence-corrected chi connectivity index (χ3v) is 5.67. The summed E-state index contributed by atoms with van der Waals surface area (Å²) in [5.74, 6) is 0.325. The van der Waals surface area contributed by atoms with Crippen LogP contribution < -0.4 is 21.1 Å². The van der Waals surface area contributed by atoms with Crippen molar-refractivity contribution in [2.45, 2.75) is 64.1 Å². The van der Waals surface area contributed by atoms with Gasteiger partial charge in [-0.1, -0.05) is 0 Å². The number of nitrogens with two attached hydrogens (primary N) is 1. The maximum atomic E-state index is 14.3. The summed E-state index contributed by atoms with van der Waals surface area (Å²) < 4.78 is 25.4. The van der Waals surface area contributed by atoms with Crippen LogP contribution in [0, 0.1) is 5.82 Å². The molecule has 0 atom stereocenters. The van der Waals surface area contributed by atoms with Gasteiger partial charge in [-0.15, -0.1) is 0 Å². The van der Waals surface area contributed by atoms with Gasteiger partial charge in [-0.2, -0.15) is 0 Å². The zero-order chi connectivity index (χ0) is 25.7. The normalized spacial score (nSPS) is 17.8. The second kappa shape index (κ2) is 10.8. The predicted octanol–water partition coefficient (Wildman–Crippen LogP) is 5.30. The zero-order valence-corrected chi connectivity index (χ0v) is 20.6. The van der Waals surface area contributed by atoms with Crippen LogP contribution in [0.2, 0.25) is 0 Å². The summed E-state index contributed by atoms with van der Waals surface area (Å²) in [6.07, 6.45) is 7.77. The highest BCUT2D eigenvalue weighted by Crippen LogP contribution is 2.33. The van der Waals surface area contributed by atoms with E-state index in [1.807, 2.05) is 20.8 Å². The van der Waals surface area contributed by atoms with Crippen molar-refractivity contribution in [3.63, 3.8) is 0 Å². The van der Waals surface area contributed by atoms with Crippen molar-refractivity contribution in [1.29, 1.82) is 0 Å². The quantitative estimate of drug-likeness (QED) is 0.394.